The van der Waals surface area contributed by atoms with Gasteiger partial charge in [0, 0.05) is 19.8 Å². The molecule has 110 valence electrons. The second-order valence-electron chi connectivity index (χ2n) is 5.29. The predicted octanol–water partition coefficient (Wildman–Crippen LogP) is 3.83. The number of nitrogens with zero attached hydrogens (tertiary/aromatic N) is 1. The minimum Gasteiger partial charge on any atom is -0.379 e. The van der Waals surface area contributed by atoms with Crippen molar-refractivity contribution in [3.8, 4) is 0 Å². The highest BCUT2D eigenvalue weighted by Crippen LogP contribution is 2.40. The summed E-state index contributed by atoms with van der Waals surface area (Å²) in [7, 11) is 4.11. The van der Waals surface area contributed by atoms with E-state index in [4.69, 9.17) is 4.74 Å². The molecule has 2 nitrogen and oxygen atoms in total. The van der Waals surface area contributed by atoms with Crippen LogP contribution >= 0.6 is 12.4 Å². The summed E-state index contributed by atoms with van der Waals surface area (Å²) in [6.45, 7) is 0.636. The Labute approximate surface area is 132 Å². The molecular weight excluding hydrogens is 282 g/mol. The molecule has 0 spiro atoms. The number of ether oxygens (including phenoxy) is 1. The minimum absolute atomic E-state index is 0. The monoisotopic (exact) mass is 301 g/mol. The Morgan fingerprint density at radius 2 is 1.33 bits per heavy atom. The van der Waals surface area contributed by atoms with E-state index in [2.05, 4.69) is 73.6 Å². The standard InChI is InChI=1S/C18H19NO.ClH/c1-19(2)17-13-18(20-14-17,15-9-5-3-6-10-15)16-11-7-4-8-12-16;/h3-13H,14H2,1-2H3;1H. The van der Waals surface area contributed by atoms with Crippen LogP contribution in [0.25, 0.3) is 0 Å². The van der Waals surface area contributed by atoms with E-state index in [0.29, 0.717) is 6.61 Å². The van der Waals surface area contributed by atoms with Crippen LogP contribution in [0.1, 0.15) is 11.1 Å². The van der Waals surface area contributed by atoms with Crippen molar-refractivity contribution in [3.05, 3.63) is 83.6 Å². The van der Waals surface area contributed by atoms with Gasteiger partial charge in [-0.25, -0.2) is 0 Å². The van der Waals surface area contributed by atoms with E-state index in [-0.39, 0.29) is 12.4 Å². The Kier molecular flexibility index (Phi) is 4.71. The topological polar surface area (TPSA) is 12.5 Å². The maximum absolute atomic E-state index is 6.25. The van der Waals surface area contributed by atoms with Crippen LogP contribution in [0.15, 0.2) is 72.4 Å². The van der Waals surface area contributed by atoms with Gasteiger partial charge in [0.15, 0.2) is 0 Å². The predicted molar refractivity (Wildman–Crippen MR) is 88.6 cm³/mol. The molecule has 1 aliphatic rings. The van der Waals surface area contributed by atoms with E-state index in [1.807, 2.05) is 12.1 Å². The summed E-state index contributed by atoms with van der Waals surface area (Å²) in [5, 5.41) is 0. The average Bonchev–Trinajstić information content (AvgIpc) is 2.96. The summed E-state index contributed by atoms with van der Waals surface area (Å²) >= 11 is 0. The normalized spacial score (nSPS) is 16.0. The number of rotatable bonds is 3. The van der Waals surface area contributed by atoms with Crippen molar-refractivity contribution in [2.45, 2.75) is 5.60 Å². The van der Waals surface area contributed by atoms with E-state index in [1.165, 1.54) is 16.8 Å². The van der Waals surface area contributed by atoms with E-state index >= 15 is 0 Å². The third kappa shape index (κ3) is 2.82. The molecule has 0 saturated carbocycles. The molecule has 3 heteroatoms. The van der Waals surface area contributed by atoms with Gasteiger partial charge in [-0.2, -0.15) is 0 Å². The molecule has 0 N–H and O–H groups in total. The zero-order valence-corrected chi connectivity index (χ0v) is 13.1. The Hall–Kier alpha value is -1.77. The lowest BCUT2D eigenvalue weighted by molar-refractivity contribution is 0.0515. The van der Waals surface area contributed by atoms with E-state index in [0.717, 1.165) is 0 Å². The number of likely N-dealkylation sites (N-methyl/N-ethyl adjacent to an activating group) is 1. The second-order valence-corrected chi connectivity index (χ2v) is 5.29. The van der Waals surface area contributed by atoms with Crippen molar-refractivity contribution >= 4 is 12.4 Å². The molecule has 21 heavy (non-hydrogen) atoms. The largest absolute Gasteiger partial charge is 0.379 e. The molecule has 0 aliphatic carbocycles. The van der Waals surface area contributed by atoms with Crippen LogP contribution in [-0.2, 0) is 10.3 Å². The molecule has 0 amide bonds. The zero-order valence-electron chi connectivity index (χ0n) is 12.3. The van der Waals surface area contributed by atoms with Crippen LogP contribution in [0.3, 0.4) is 0 Å². The molecule has 2 aromatic rings. The molecule has 0 saturated heterocycles. The van der Waals surface area contributed by atoms with Gasteiger partial charge in [-0.15, -0.1) is 12.4 Å². The van der Waals surface area contributed by atoms with Crippen LogP contribution in [-0.4, -0.2) is 25.6 Å². The van der Waals surface area contributed by atoms with Gasteiger partial charge in [-0.3, -0.25) is 0 Å². The van der Waals surface area contributed by atoms with Gasteiger partial charge in [-0.05, 0) is 17.2 Å². The molecule has 0 aromatic heterocycles. The van der Waals surface area contributed by atoms with Gasteiger partial charge in [0.25, 0.3) is 0 Å². The van der Waals surface area contributed by atoms with Crippen molar-refractivity contribution < 1.29 is 4.74 Å². The summed E-state index contributed by atoms with van der Waals surface area (Å²) in [4.78, 5) is 2.12. The minimum atomic E-state index is -0.470. The summed E-state index contributed by atoms with van der Waals surface area (Å²) in [5.74, 6) is 0. The quantitative estimate of drug-likeness (QED) is 0.854. The highest BCUT2D eigenvalue weighted by atomic mass is 35.5. The summed E-state index contributed by atoms with van der Waals surface area (Å²) in [5.41, 5.74) is 3.08. The highest BCUT2D eigenvalue weighted by Gasteiger charge is 2.38. The van der Waals surface area contributed by atoms with Gasteiger partial charge >= 0.3 is 0 Å². The second kappa shape index (κ2) is 6.33. The maximum atomic E-state index is 6.25. The molecule has 0 atom stereocenters. The lowest BCUT2D eigenvalue weighted by atomic mass is 9.86. The Morgan fingerprint density at radius 1 is 0.857 bits per heavy atom. The molecular formula is C18H20ClNO. The van der Waals surface area contributed by atoms with Crippen LogP contribution in [0.2, 0.25) is 0 Å². The number of hydrogen-bond acceptors (Lipinski definition) is 2. The van der Waals surface area contributed by atoms with E-state index in [1.54, 1.807) is 0 Å². The number of benzene rings is 2. The summed E-state index contributed by atoms with van der Waals surface area (Å²) in [6.07, 6.45) is 2.23. The van der Waals surface area contributed by atoms with Crippen LogP contribution in [0.5, 0.6) is 0 Å². The fourth-order valence-electron chi connectivity index (χ4n) is 2.64. The van der Waals surface area contributed by atoms with Crippen molar-refractivity contribution in [1.82, 2.24) is 4.90 Å². The average molecular weight is 302 g/mol. The third-order valence-electron chi connectivity index (χ3n) is 3.80. The van der Waals surface area contributed by atoms with E-state index < -0.39 is 5.60 Å². The maximum Gasteiger partial charge on any atom is 0.139 e. The lowest BCUT2D eigenvalue weighted by Gasteiger charge is -2.28. The van der Waals surface area contributed by atoms with Gasteiger partial charge < -0.3 is 9.64 Å². The third-order valence-corrected chi connectivity index (χ3v) is 3.80. The first kappa shape index (κ1) is 15.6. The van der Waals surface area contributed by atoms with Crippen molar-refractivity contribution in [1.29, 1.82) is 0 Å². The van der Waals surface area contributed by atoms with Crippen LogP contribution in [0.4, 0.5) is 0 Å². The van der Waals surface area contributed by atoms with Crippen molar-refractivity contribution in [3.63, 3.8) is 0 Å². The van der Waals surface area contributed by atoms with Crippen LogP contribution in [0, 0.1) is 0 Å². The molecule has 0 unspecified atom stereocenters. The Balaban J connectivity index is 0.00000161. The number of halogens is 1. The summed E-state index contributed by atoms with van der Waals surface area (Å²) < 4.78 is 6.25. The lowest BCUT2D eigenvalue weighted by Crippen LogP contribution is -2.25. The Morgan fingerprint density at radius 3 is 1.71 bits per heavy atom. The SMILES string of the molecule is CN(C)C1=CC(c2ccccc2)(c2ccccc2)OC1.Cl. The van der Waals surface area contributed by atoms with Crippen molar-refractivity contribution in [2.24, 2.45) is 0 Å². The fourth-order valence-corrected chi connectivity index (χ4v) is 2.64. The molecule has 0 bridgehead atoms. The first-order valence-corrected chi connectivity index (χ1v) is 6.86. The fraction of sp³-hybridized carbons (Fsp3) is 0.222. The van der Waals surface area contributed by atoms with Gasteiger partial charge in [0.1, 0.15) is 5.60 Å². The molecule has 2 aromatic carbocycles. The van der Waals surface area contributed by atoms with Gasteiger partial charge in [0.05, 0.1) is 6.61 Å². The molecule has 1 heterocycles. The number of hydrogen-bond donors (Lipinski definition) is 0. The van der Waals surface area contributed by atoms with Gasteiger partial charge in [-0.1, -0.05) is 60.7 Å². The van der Waals surface area contributed by atoms with E-state index in [9.17, 15) is 0 Å². The van der Waals surface area contributed by atoms with Crippen LogP contribution < -0.4 is 0 Å². The van der Waals surface area contributed by atoms with Gasteiger partial charge in [0.2, 0.25) is 0 Å². The molecule has 3 rings (SSSR count). The first-order chi connectivity index (χ1) is 9.72. The smallest absolute Gasteiger partial charge is 0.139 e. The molecule has 0 fully saturated rings. The highest BCUT2D eigenvalue weighted by molar-refractivity contribution is 5.85. The first-order valence-electron chi connectivity index (χ1n) is 6.86. The Bertz CT molecular complexity index is 568. The molecule has 0 radical (unpaired) electrons. The summed E-state index contributed by atoms with van der Waals surface area (Å²) in [6, 6.07) is 20.8. The molecule has 1 aliphatic heterocycles. The van der Waals surface area contributed by atoms with Crippen molar-refractivity contribution in [2.75, 3.05) is 20.7 Å². The zero-order chi connectivity index (χ0) is 14.0.